The second-order valence-electron chi connectivity index (χ2n) is 2.68. The van der Waals surface area contributed by atoms with E-state index in [1.54, 1.807) is 24.1 Å². The maximum absolute atomic E-state index is 4.30. The molecule has 6 heteroatoms. The van der Waals surface area contributed by atoms with Crippen molar-refractivity contribution in [2.45, 2.75) is 0 Å². The van der Waals surface area contributed by atoms with Crippen molar-refractivity contribution in [3.63, 3.8) is 0 Å². The van der Waals surface area contributed by atoms with Gasteiger partial charge in [0.25, 0.3) is 0 Å². The summed E-state index contributed by atoms with van der Waals surface area (Å²) in [6.45, 7) is 0. The first kappa shape index (κ1) is 7.57. The molecule has 1 N–H and O–H groups in total. The highest BCUT2D eigenvalue weighted by molar-refractivity contribution is 7.13. The Hall–Kier alpha value is -1.82. The van der Waals surface area contributed by atoms with Gasteiger partial charge in [-0.05, 0) is 0 Å². The molecule has 3 rings (SSSR count). The van der Waals surface area contributed by atoms with Gasteiger partial charge in [0.1, 0.15) is 0 Å². The third-order valence-corrected chi connectivity index (χ3v) is 2.58. The van der Waals surface area contributed by atoms with Crippen molar-refractivity contribution in [1.29, 1.82) is 0 Å². The average Bonchev–Trinajstić information content (AvgIpc) is 2.86. The molecule has 0 fully saturated rings. The summed E-state index contributed by atoms with van der Waals surface area (Å²) in [7, 11) is 0. The summed E-state index contributed by atoms with van der Waals surface area (Å²) < 4.78 is 0. The molecular formula is C8H5N5S. The smallest absolute Gasteiger partial charge is 0.197 e. The SMILES string of the molecule is c1cnc2[nH]c(-c3cncs3)nc2n1. The third-order valence-electron chi connectivity index (χ3n) is 1.80. The van der Waals surface area contributed by atoms with Gasteiger partial charge in [-0.1, -0.05) is 0 Å². The minimum absolute atomic E-state index is 0.635. The van der Waals surface area contributed by atoms with E-state index in [0.29, 0.717) is 11.3 Å². The Morgan fingerprint density at radius 3 is 2.93 bits per heavy atom. The summed E-state index contributed by atoms with van der Waals surface area (Å²) in [5.41, 5.74) is 3.11. The van der Waals surface area contributed by atoms with Crippen molar-refractivity contribution in [1.82, 2.24) is 24.9 Å². The van der Waals surface area contributed by atoms with E-state index in [9.17, 15) is 0 Å². The molecule has 68 valence electrons. The molecular weight excluding hydrogens is 198 g/mol. The van der Waals surface area contributed by atoms with Gasteiger partial charge in [0.2, 0.25) is 0 Å². The number of aromatic nitrogens is 5. The molecule has 5 nitrogen and oxygen atoms in total. The Morgan fingerprint density at radius 1 is 1.21 bits per heavy atom. The van der Waals surface area contributed by atoms with Crippen LogP contribution in [0.3, 0.4) is 0 Å². The largest absolute Gasteiger partial charge is 0.320 e. The highest BCUT2D eigenvalue weighted by atomic mass is 32.1. The second-order valence-corrected chi connectivity index (χ2v) is 3.57. The van der Waals surface area contributed by atoms with Crippen LogP contribution in [0.4, 0.5) is 0 Å². The zero-order valence-corrected chi connectivity index (χ0v) is 7.82. The molecule has 0 atom stereocenters. The number of nitrogens with zero attached hydrogens (tertiary/aromatic N) is 4. The van der Waals surface area contributed by atoms with Crippen LogP contribution in [0.15, 0.2) is 24.1 Å². The van der Waals surface area contributed by atoms with E-state index in [1.165, 1.54) is 11.3 Å². The Morgan fingerprint density at radius 2 is 2.14 bits per heavy atom. The van der Waals surface area contributed by atoms with E-state index >= 15 is 0 Å². The van der Waals surface area contributed by atoms with Gasteiger partial charge in [0.05, 0.1) is 10.4 Å². The minimum atomic E-state index is 0.635. The molecule has 0 spiro atoms. The summed E-state index contributed by atoms with van der Waals surface area (Å²) >= 11 is 1.53. The molecule has 0 radical (unpaired) electrons. The fourth-order valence-electron chi connectivity index (χ4n) is 1.20. The first-order chi connectivity index (χ1) is 6.93. The standard InChI is InChI=1S/C8H5N5S/c1-2-11-8-7(10-1)12-6(13-8)5-3-9-4-14-5/h1-4H,(H,10,11,12,13). The number of nitrogens with one attached hydrogen (secondary N) is 1. The van der Waals surface area contributed by atoms with E-state index in [2.05, 4.69) is 24.9 Å². The van der Waals surface area contributed by atoms with Gasteiger partial charge in [-0.25, -0.2) is 15.0 Å². The highest BCUT2D eigenvalue weighted by Crippen LogP contribution is 2.21. The van der Waals surface area contributed by atoms with Gasteiger partial charge >= 0.3 is 0 Å². The summed E-state index contributed by atoms with van der Waals surface area (Å²) in [4.78, 5) is 20.6. The van der Waals surface area contributed by atoms with Crippen molar-refractivity contribution < 1.29 is 0 Å². The number of aromatic amines is 1. The summed E-state index contributed by atoms with van der Waals surface area (Å²) in [5.74, 6) is 0.772. The van der Waals surface area contributed by atoms with Crippen LogP contribution in [0, 0.1) is 0 Å². The maximum atomic E-state index is 4.30. The number of hydrogen-bond donors (Lipinski definition) is 1. The lowest BCUT2D eigenvalue weighted by Gasteiger charge is -1.84. The fraction of sp³-hybridized carbons (Fsp3) is 0. The molecule has 3 heterocycles. The molecule has 0 amide bonds. The average molecular weight is 203 g/mol. The van der Waals surface area contributed by atoms with Gasteiger partial charge < -0.3 is 4.98 Å². The Kier molecular flexibility index (Phi) is 1.54. The number of thiazole rings is 1. The van der Waals surface area contributed by atoms with E-state index in [4.69, 9.17) is 0 Å². The number of fused-ring (bicyclic) bond motifs is 1. The van der Waals surface area contributed by atoms with Crippen LogP contribution < -0.4 is 0 Å². The molecule has 0 bridgehead atoms. The first-order valence-corrected chi connectivity index (χ1v) is 4.87. The molecule has 0 aromatic carbocycles. The fourth-order valence-corrected chi connectivity index (χ4v) is 1.76. The first-order valence-electron chi connectivity index (χ1n) is 3.99. The molecule has 0 unspecified atom stereocenters. The van der Waals surface area contributed by atoms with Crippen LogP contribution >= 0.6 is 11.3 Å². The van der Waals surface area contributed by atoms with Crippen molar-refractivity contribution in [3.8, 4) is 10.7 Å². The maximum Gasteiger partial charge on any atom is 0.197 e. The van der Waals surface area contributed by atoms with Crippen LogP contribution in [0.25, 0.3) is 22.0 Å². The lowest BCUT2D eigenvalue weighted by Crippen LogP contribution is -1.77. The van der Waals surface area contributed by atoms with E-state index in [-0.39, 0.29) is 0 Å². The zero-order chi connectivity index (χ0) is 9.38. The number of hydrogen-bond acceptors (Lipinski definition) is 5. The van der Waals surface area contributed by atoms with Crippen molar-refractivity contribution in [2.24, 2.45) is 0 Å². The van der Waals surface area contributed by atoms with Crippen molar-refractivity contribution in [2.75, 3.05) is 0 Å². The van der Waals surface area contributed by atoms with Crippen LogP contribution in [-0.2, 0) is 0 Å². The second kappa shape index (κ2) is 2.85. The molecule has 0 aliphatic heterocycles. The number of rotatable bonds is 1. The predicted octanol–water partition coefficient (Wildman–Crippen LogP) is 1.48. The van der Waals surface area contributed by atoms with Gasteiger partial charge in [-0.15, -0.1) is 11.3 Å². The molecule has 0 aliphatic rings. The Labute approximate surface area is 82.9 Å². The van der Waals surface area contributed by atoms with Crippen LogP contribution in [0.1, 0.15) is 0 Å². The molecule has 0 saturated carbocycles. The highest BCUT2D eigenvalue weighted by Gasteiger charge is 2.06. The van der Waals surface area contributed by atoms with Crippen LogP contribution in [0.2, 0.25) is 0 Å². The topological polar surface area (TPSA) is 67.3 Å². The number of imidazole rings is 1. The van der Waals surface area contributed by atoms with E-state index in [0.717, 1.165) is 10.7 Å². The molecule has 14 heavy (non-hydrogen) atoms. The Bertz CT molecular complexity index is 523. The van der Waals surface area contributed by atoms with Crippen molar-refractivity contribution >= 4 is 22.6 Å². The summed E-state index contributed by atoms with van der Waals surface area (Å²) in [6, 6.07) is 0. The molecule has 3 aromatic rings. The lowest BCUT2D eigenvalue weighted by molar-refractivity contribution is 1.26. The van der Waals surface area contributed by atoms with E-state index < -0.39 is 0 Å². The molecule has 0 aliphatic carbocycles. The van der Waals surface area contributed by atoms with Crippen molar-refractivity contribution in [3.05, 3.63) is 24.1 Å². The minimum Gasteiger partial charge on any atom is -0.320 e. The number of H-pyrrole nitrogens is 1. The summed E-state index contributed by atoms with van der Waals surface area (Å²) in [6.07, 6.45) is 5.03. The van der Waals surface area contributed by atoms with Gasteiger partial charge in [0, 0.05) is 18.6 Å². The summed E-state index contributed by atoms with van der Waals surface area (Å²) in [5, 5.41) is 0. The normalized spacial score (nSPS) is 10.9. The molecule has 0 saturated heterocycles. The van der Waals surface area contributed by atoms with E-state index in [1.807, 2.05) is 0 Å². The quantitative estimate of drug-likeness (QED) is 0.650. The Balaban J connectivity index is 2.24. The predicted molar refractivity (Wildman–Crippen MR) is 52.8 cm³/mol. The van der Waals surface area contributed by atoms with Gasteiger partial charge in [-0.3, -0.25) is 4.98 Å². The van der Waals surface area contributed by atoms with Crippen LogP contribution in [-0.4, -0.2) is 24.9 Å². The van der Waals surface area contributed by atoms with Gasteiger partial charge in [-0.2, -0.15) is 0 Å². The molecule has 3 aromatic heterocycles. The van der Waals surface area contributed by atoms with Crippen LogP contribution in [0.5, 0.6) is 0 Å². The lowest BCUT2D eigenvalue weighted by atomic mass is 10.5. The third kappa shape index (κ3) is 1.08. The zero-order valence-electron chi connectivity index (χ0n) is 7.01. The van der Waals surface area contributed by atoms with Gasteiger partial charge in [0.15, 0.2) is 17.1 Å². The monoisotopic (exact) mass is 203 g/mol.